The summed E-state index contributed by atoms with van der Waals surface area (Å²) < 4.78 is 30.1. The molecule has 0 aliphatic carbocycles. The molecular weight excluding hydrogens is 368 g/mol. The summed E-state index contributed by atoms with van der Waals surface area (Å²) in [6.07, 6.45) is 5.73. The number of nitrogens with zero attached hydrogens (tertiary/aromatic N) is 2. The van der Waals surface area contributed by atoms with Gasteiger partial charge in [-0.1, -0.05) is 6.92 Å². The third kappa shape index (κ3) is 4.26. The van der Waals surface area contributed by atoms with E-state index in [9.17, 15) is 18.0 Å². The number of piperidine rings is 1. The highest BCUT2D eigenvalue weighted by molar-refractivity contribution is 7.92. The van der Waals surface area contributed by atoms with Gasteiger partial charge in [0.15, 0.2) is 6.61 Å². The molecule has 2 heterocycles. The van der Waals surface area contributed by atoms with Crippen LogP contribution in [0.5, 0.6) is 0 Å². The lowest BCUT2D eigenvalue weighted by atomic mass is 10.00. The van der Waals surface area contributed by atoms with Gasteiger partial charge >= 0.3 is 5.97 Å². The van der Waals surface area contributed by atoms with Gasteiger partial charge in [0.2, 0.25) is 10.0 Å². The first-order valence-corrected chi connectivity index (χ1v) is 11.2. The van der Waals surface area contributed by atoms with Gasteiger partial charge < -0.3 is 9.64 Å². The summed E-state index contributed by atoms with van der Waals surface area (Å²) in [6.45, 7) is 2.89. The smallest absolute Gasteiger partial charge is 0.338 e. The van der Waals surface area contributed by atoms with Gasteiger partial charge in [-0.05, 0) is 55.9 Å². The molecule has 3 rings (SSSR count). The number of carbonyl (C=O) groups is 2. The summed E-state index contributed by atoms with van der Waals surface area (Å²) >= 11 is 0. The van der Waals surface area contributed by atoms with Crippen LogP contribution in [0.15, 0.2) is 18.2 Å². The number of fused-ring (bicyclic) bond motifs is 1. The van der Waals surface area contributed by atoms with E-state index in [1.165, 1.54) is 10.6 Å². The fraction of sp³-hybridized carbons (Fsp3) is 0.579. The summed E-state index contributed by atoms with van der Waals surface area (Å²) in [6, 6.07) is 5.06. The van der Waals surface area contributed by atoms with E-state index in [0.717, 1.165) is 37.8 Å². The first-order chi connectivity index (χ1) is 12.8. The number of sulfonamides is 1. The van der Waals surface area contributed by atoms with Crippen LogP contribution in [0.4, 0.5) is 5.69 Å². The maximum Gasteiger partial charge on any atom is 0.338 e. The van der Waals surface area contributed by atoms with Crippen LogP contribution < -0.4 is 4.31 Å². The molecule has 0 N–H and O–H groups in total. The molecule has 27 heavy (non-hydrogen) atoms. The van der Waals surface area contributed by atoms with E-state index >= 15 is 0 Å². The Morgan fingerprint density at radius 1 is 1.22 bits per heavy atom. The minimum Gasteiger partial charge on any atom is -0.452 e. The molecule has 1 saturated heterocycles. The van der Waals surface area contributed by atoms with E-state index in [0.29, 0.717) is 24.2 Å². The molecule has 7 nitrogen and oxygen atoms in total. The molecule has 1 aromatic carbocycles. The maximum absolute atomic E-state index is 12.4. The third-order valence-corrected chi connectivity index (χ3v) is 6.49. The molecule has 2 aliphatic heterocycles. The van der Waals surface area contributed by atoms with Gasteiger partial charge in [0.25, 0.3) is 5.91 Å². The maximum atomic E-state index is 12.4. The lowest BCUT2D eigenvalue weighted by Gasteiger charge is -2.35. The summed E-state index contributed by atoms with van der Waals surface area (Å²) in [7, 11) is -3.32. The van der Waals surface area contributed by atoms with E-state index < -0.39 is 16.0 Å². The summed E-state index contributed by atoms with van der Waals surface area (Å²) in [5.41, 5.74) is 1.73. The van der Waals surface area contributed by atoms with E-state index in [2.05, 4.69) is 6.92 Å². The highest BCUT2D eigenvalue weighted by Gasteiger charge is 2.28. The van der Waals surface area contributed by atoms with Crippen LogP contribution in [0, 0.1) is 0 Å². The van der Waals surface area contributed by atoms with Crippen molar-refractivity contribution in [1.82, 2.24) is 4.90 Å². The molecule has 8 heteroatoms. The minimum atomic E-state index is -3.32. The predicted molar refractivity (Wildman–Crippen MR) is 102 cm³/mol. The fourth-order valence-electron chi connectivity index (χ4n) is 3.89. The number of hydrogen-bond donors (Lipinski definition) is 0. The molecule has 1 atom stereocenters. The molecule has 0 unspecified atom stereocenters. The Balaban J connectivity index is 1.63. The highest BCUT2D eigenvalue weighted by Crippen LogP contribution is 2.30. The Hall–Kier alpha value is -2.09. The van der Waals surface area contributed by atoms with Crippen molar-refractivity contribution >= 4 is 27.6 Å². The van der Waals surface area contributed by atoms with Crippen LogP contribution in [0.3, 0.4) is 0 Å². The van der Waals surface area contributed by atoms with E-state index in [4.69, 9.17) is 4.74 Å². The molecule has 1 aromatic rings. The van der Waals surface area contributed by atoms with Crippen LogP contribution in [0.25, 0.3) is 0 Å². The largest absolute Gasteiger partial charge is 0.452 e. The number of rotatable bonds is 5. The zero-order valence-electron chi connectivity index (χ0n) is 15.8. The van der Waals surface area contributed by atoms with E-state index in [-0.39, 0.29) is 18.6 Å². The second kappa shape index (κ2) is 7.88. The topological polar surface area (TPSA) is 84.0 Å². The standard InChI is InChI=1S/C19H26N2O5S/c1-3-16-6-4-5-10-20(16)18(22)13-26-19(23)15-7-8-17-14(12-15)9-11-21(17)27(2,24)25/h7-8,12,16H,3-6,9-11,13H2,1-2H3/t16-/m0/s1. The summed E-state index contributed by atoms with van der Waals surface area (Å²) in [5.74, 6) is -0.715. The highest BCUT2D eigenvalue weighted by atomic mass is 32.2. The van der Waals surface area contributed by atoms with Crippen LogP contribution in [0.1, 0.15) is 48.5 Å². The fourth-order valence-corrected chi connectivity index (χ4v) is 4.85. The third-order valence-electron chi connectivity index (χ3n) is 5.31. The van der Waals surface area contributed by atoms with Gasteiger partial charge in [-0.3, -0.25) is 9.10 Å². The Kier molecular flexibility index (Phi) is 5.74. The number of esters is 1. The van der Waals surface area contributed by atoms with Crippen molar-refractivity contribution in [3.63, 3.8) is 0 Å². The van der Waals surface area contributed by atoms with Crippen LogP contribution in [-0.4, -0.2) is 57.2 Å². The lowest BCUT2D eigenvalue weighted by Crippen LogP contribution is -2.45. The number of hydrogen-bond acceptors (Lipinski definition) is 5. The number of amides is 1. The van der Waals surface area contributed by atoms with Crippen molar-refractivity contribution in [3.05, 3.63) is 29.3 Å². The quantitative estimate of drug-likeness (QED) is 0.713. The molecule has 2 aliphatic rings. The van der Waals surface area contributed by atoms with Crippen LogP contribution in [0.2, 0.25) is 0 Å². The molecule has 0 bridgehead atoms. The summed E-state index contributed by atoms with van der Waals surface area (Å²) in [5, 5.41) is 0. The molecule has 0 spiro atoms. The minimum absolute atomic E-state index is 0.153. The van der Waals surface area contributed by atoms with E-state index in [1.54, 1.807) is 18.2 Å². The van der Waals surface area contributed by atoms with Crippen LogP contribution in [-0.2, 0) is 26.0 Å². The Morgan fingerprint density at radius 2 is 2.00 bits per heavy atom. The zero-order valence-corrected chi connectivity index (χ0v) is 16.6. The normalized spacial score (nSPS) is 19.7. The Morgan fingerprint density at radius 3 is 2.70 bits per heavy atom. The Bertz CT molecular complexity index is 837. The van der Waals surface area contributed by atoms with Gasteiger partial charge in [0.1, 0.15) is 0 Å². The number of carbonyl (C=O) groups excluding carboxylic acids is 2. The SMILES string of the molecule is CC[C@H]1CCCCN1C(=O)COC(=O)c1ccc2c(c1)CCN2S(C)(=O)=O. The molecule has 0 radical (unpaired) electrons. The summed E-state index contributed by atoms with van der Waals surface area (Å²) in [4.78, 5) is 26.6. The molecule has 0 aromatic heterocycles. The first-order valence-electron chi connectivity index (χ1n) is 9.38. The molecule has 148 valence electrons. The second-order valence-electron chi connectivity index (χ2n) is 7.15. The predicted octanol–water partition coefficient (Wildman–Crippen LogP) is 1.96. The van der Waals surface area contributed by atoms with Gasteiger partial charge in [0, 0.05) is 19.1 Å². The van der Waals surface area contributed by atoms with Gasteiger partial charge in [-0.15, -0.1) is 0 Å². The monoisotopic (exact) mass is 394 g/mol. The van der Waals surface area contributed by atoms with Crippen molar-refractivity contribution in [2.45, 2.75) is 45.1 Å². The van der Waals surface area contributed by atoms with E-state index in [1.807, 2.05) is 4.90 Å². The zero-order chi connectivity index (χ0) is 19.6. The second-order valence-corrected chi connectivity index (χ2v) is 9.06. The Labute approximate surface area is 160 Å². The van der Waals surface area contributed by atoms with Crippen LogP contribution >= 0.6 is 0 Å². The molecule has 1 amide bonds. The number of likely N-dealkylation sites (tertiary alicyclic amines) is 1. The number of anilines is 1. The first kappa shape index (κ1) is 19.7. The number of ether oxygens (including phenoxy) is 1. The molecular formula is C19H26N2O5S. The van der Waals surface area contributed by atoms with Gasteiger partial charge in [0.05, 0.1) is 17.5 Å². The van der Waals surface area contributed by atoms with Gasteiger partial charge in [-0.25, -0.2) is 13.2 Å². The van der Waals surface area contributed by atoms with Crippen molar-refractivity contribution in [3.8, 4) is 0 Å². The van der Waals surface area contributed by atoms with Crippen molar-refractivity contribution in [2.24, 2.45) is 0 Å². The lowest BCUT2D eigenvalue weighted by molar-refractivity contribution is -0.138. The molecule has 1 fully saturated rings. The average Bonchev–Trinajstić information content (AvgIpc) is 3.09. The van der Waals surface area contributed by atoms with Crippen molar-refractivity contribution in [1.29, 1.82) is 0 Å². The molecule has 0 saturated carbocycles. The van der Waals surface area contributed by atoms with Crippen molar-refractivity contribution < 1.29 is 22.7 Å². The average molecular weight is 394 g/mol. The number of benzene rings is 1. The van der Waals surface area contributed by atoms with Gasteiger partial charge in [-0.2, -0.15) is 0 Å². The van der Waals surface area contributed by atoms with Crippen molar-refractivity contribution in [2.75, 3.05) is 30.3 Å².